The second-order valence-electron chi connectivity index (χ2n) is 10.5. The Morgan fingerprint density at radius 2 is 0.931 bits per heavy atom. The molecule has 29 heavy (non-hydrogen) atoms. The minimum atomic E-state index is 0.532. The van der Waals surface area contributed by atoms with Crippen LogP contribution in [0.3, 0.4) is 0 Å². The molecule has 0 aliphatic rings. The lowest BCUT2D eigenvalue weighted by Gasteiger charge is -2.17. The van der Waals surface area contributed by atoms with Crippen LogP contribution in [0.5, 0.6) is 0 Å². The second kappa shape index (κ2) is 18.5. The molecule has 170 valence electrons. The number of rotatable bonds is 20. The first-order chi connectivity index (χ1) is 14.1. The Hall–Kier alpha value is -0.300. The predicted molar refractivity (Wildman–Crippen MR) is 135 cm³/mol. The van der Waals surface area contributed by atoms with Gasteiger partial charge in [0.1, 0.15) is 0 Å². The molecular formula is C28H52S. The van der Waals surface area contributed by atoms with Crippen LogP contribution in [0.25, 0.3) is 0 Å². The molecule has 0 aliphatic heterocycles. The SMILES string of the molecule is CC(C)(C)CCCCCCCCCCCCCCCCCCCCc1cccs1. The van der Waals surface area contributed by atoms with Crippen molar-refractivity contribution in [2.45, 2.75) is 149 Å². The lowest BCUT2D eigenvalue weighted by molar-refractivity contribution is 0.356. The Labute approximate surface area is 188 Å². The van der Waals surface area contributed by atoms with Crippen LogP contribution in [0.4, 0.5) is 0 Å². The maximum atomic E-state index is 2.36. The van der Waals surface area contributed by atoms with Crippen LogP contribution in [0, 0.1) is 5.41 Å². The Kier molecular flexibility index (Phi) is 17.0. The molecule has 0 fully saturated rings. The molecule has 0 N–H and O–H groups in total. The van der Waals surface area contributed by atoms with Crippen molar-refractivity contribution in [2.75, 3.05) is 0 Å². The predicted octanol–water partition coefficient (Wildman–Crippen LogP) is 10.7. The maximum Gasteiger partial charge on any atom is 0.00452 e. The van der Waals surface area contributed by atoms with Crippen molar-refractivity contribution in [1.29, 1.82) is 0 Å². The molecular weight excluding hydrogens is 368 g/mol. The summed E-state index contributed by atoms with van der Waals surface area (Å²) in [4.78, 5) is 1.57. The first-order valence-electron chi connectivity index (χ1n) is 13.1. The summed E-state index contributed by atoms with van der Waals surface area (Å²) in [7, 11) is 0. The van der Waals surface area contributed by atoms with E-state index in [4.69, 9.17) is 0 Å². The zero-order chi connectivity index (χ0) is 21.0. The average molecular weight is 421 g/mol. The van der Waals surface area contributed by atoms with E-state index in [9.17, 15) is 0 Å². The van der Waals surface area contributed by atoms with Gasteiger partial charge < -0.3 is 0 Å². The van der Waals surface area contributed by atoms with Crippen LogP contribution >= 0.6 is 11.3 Å². The highest BCUT2D eigenvalue weighted by Gasteiger charge is 2.08. The summed E-state index contributed by atoms with van der Waals surface area (Å²) in [5.41, 5.74) is 0.532. The van der Waals surface area contributed by atoms with Gasteiger partial charge in [-0.3, -0.25) is 0 Å². The molecule has 0 unspecified atom stereocenters. The van der Waals surface area contributed by atoms with Crippen LogP contribution in [-0.2, 0) is 6.42 Å². The summed E-state index contributed by atoms with van der Waals surface area (Å²) in [6.45, 7) is 7.09. The van der Waals surface area contributed by atoms with Crippen molar-refractivity contribution in [2.24, 2.45) is 5.41 Å². The van der Waals surface area contributed by atoms with Crippen LogP contribution in [0.2, 0.25) is 0 Å². The third kappa shape index (κ3) is 19.4. The van der Waals surface area contributed by atoms with Gasteiger partial charge in [0.2, 0.25) is 0 Å². The molecule has 0 nitrogen and oxygen atoms in total. The highest BCUT2D eigenvalue weighted by molar-refractivity contribution is 7.09. The summed E-state index contributed by atoms with van der Waals surface area (Å²) in [5.74, 6) is 0. The highest BCUT2D eigenvalue weighted by atomic mass is 32.1. The molecule has 0 spiro atoms. The van der Waals surface area contributed by atoms with E-state index in [1.54, 1.807) is 4.88 Å². The molecule has 0 bridgehead atoms. The number of hydrogen-bond acceptors (Lipinski definition) is 1. The van der Waals surface area contributed by atoms with Gasteiger partial charge in [0.05, 0.1) is 0 Å². The maximum absolute atomic E-state index is 2.36. The van der Waals surface area contributed by atoms with Crippen molar-refractivity contribution in [3.05, 3.63) is 22.4 Å². The van der Waals surface area contributed by atoms with E-state index in [1.807, 2.05) is 11.3 Å². The van der Waals surface area contributed by atoms with Crippen LogP contribution < -0.4 is 0 Å². The number of unbranched alkanes of at least 4 members (excludes halogenated alkanes) is 17. The molecule has 0 radical (unpaired) electrons. The summed E-state index contributed by atoms with van der Waals surface area (Å²) >= 11 is 1.91. The normalized spacial score (nSPS) is 12.0. The second-order valence-corrected chi connectivity index (χ2v) is 11.5. The molecule has 0 saturated carbocycles. The highest BCUT2D eigenvalue weighted by Crippen LogP contribution is 2.23. The fourth-order valence-electron chi connectivity index (χ4n) is 4.24. The molecule has 1 aromatic rings. The lowest BCUT2D eigenvalue weighted by atomic mass is 9.89. The van der Waals surface area contributed by atoms with Gasteiger partial charge in [0.15, 0.2) is 0 Å². The van der Waals surface area contributed by atoms with E-state index in [2.05, 4.69) is 38.3 Å². The molecule has 1 heteroatoms. The Bertz CT molecular complexity index is 426. The van der Waals surface area contributed by atoms with E-state index in [1.165, 1.54) is 128 Å². The molecule has 0 aliphatic carbocycles. The monoisotopic (exact) mass is 420 g/mol. The Morgan fingerprint density at radius 1 is 0.552 bits per heavy atom. The van der Waals surface area contributed by atoms with E-state index < -0.39 is 0 Å². The van der Waals surface area contributed by atoms with Crippen LogP contribution in [-0.4, -0.2) is 0 Å². The third-order valence-electron chi connectivity index (χ3n) is 6.18. The first-order valence-corrected chi connectivity index (χ1v) is 14.0. The molecule has 1 aromatic heterocycles. The fraction of sp³-hybridized carbons (Fsp3) is 0.857. The Morgan fingerprint density at radius 3 is 1.28 bits per heavy atom. The fourth-order valence-corrected chi connectivity index (χ4v) is 4.99. The zero-order valence-corrected chi connectivity index (χ0v) is 21.1. The Balaban J connectivity index is 1.66. The molecule has 0 amide bonds. The van der Waals surface area contributed by atoms with Crippen molar-refractivity contribution in [1.82, 2.24) is 0 Å². The average Bonchev–Trinajstić information content (AvgIpc) is 3.19. The lowest BCUT2D eigenvalue weighted by Crippen LogP contribution is -2.03. The van der Waals surface area contributed by atoms with Gasteiger partial charge in [-0.25, -0.2) is 0 Å². The topological polar surface area (TPSA) is 0 Å². The van der Waals surface area contributed by atoms with Gasteiger partial charge in [0.25, 0.3) is 0 Å². The third-order valence-corrected chi connectivity index (χ3v) is 7.12. The summed E-state index contributed by atoms with van der Waals surface area (Å²) in [6, 6.07) is 4.46. The summed E-state index contributed by atoms with van der Waals surface area (Å²) in [6.07, 6.45) is 29.0. The van der Waals surface area contributed by atoms with Gasteiger partial charge >= 0.3 is 0 Å². The van der Waals surface area contributed by atoms with Gasteiger partial charge in [-0.15, -0.1) is 11.3 Å². The molecule has 0 aromatic carbocycles. The smallest absolute Gasteiger partial charge is 0.00452 e. The van der Waals surface area contributed by atoms with Crippen LogP contribution in [0.15, 0.2) is 17.5 Å². The van der Waals surface area contributed by atoms with E-state index in [0.29, 0.717) is 5.41 Å². The van der Waals surface area contributed by atoms with E-state index >= 15 is 0 Å². The number of thiophene rings is 1. The summed E-state index contributed by atoms with van der Waals surface area (Å²) in [5, 5.41) is 2.20. The van der Waals surface area contributed by atoms with Crippen LogP contribution in [0.1, 0.15) is 148 Å². The zero-order valence-electron chi connectivity index (χ0n) is 20.3. The van der Waals surface area contributed by atoms with Crippen molar-refractivity contribution in [3.8, 4) is 0 Å². The largest absolute Gasteiger partial charge is 0.149 e. The number of hydrogen-bond donors (Lipinski definition) is 0. The first kappa shape index (κ1) is 26.7. The van der Waals surface area contributed by atoms with Gasteiger partial charge in [-0.1, -0.05) is 136 Å². The molecule has 0 atom stereocenters. The molecule has 1 rings (SSSR count). The molecule has 0 saturated heterocycles. The standard InChI is InChI=1S/C28H52S/c1-28(2,3)25-21-19-17-15-13-11-9-7-5-4-6-8-10-12-14-16-18-20-23-27-24-22-26-29-27/h22,24,26H,4-21,23,25H2,1-3H3. The van der Waals surface area contributed by atoms with Crippen molar-refractivity contribution >= 4 is 11.3 Å². The van der Waals surface area contributed by atoms with E-state index in [-0.39, 0.29) is 0 Å². The quantitative estimate of drug-likeness (QED) is 0.184. The minimum Gasteiger partial charge on any atom is -0.149 e. The van der Waals surface area contributed by atoms with E-state index in [0.717, 1.165) is 0 Å². The molecule has 1 heterocycles. The van der Waals surface area contributed by atoms with Crippen molar-refractivity contribution in [3.63, 3.8) is 0 Å². The minimum absolute atomic E-state index is 0.532. The van der Waals surface area contributed by atoms with Gasteiger partial charge in [-0.05, 0) is 36.1 Å². The van der Waals surface area contributed by atoms with Gasteiger partial charge in [-0.2, -0.15) is 0 Å². The number of aryl methyl sites for hydroxylation is 1. The van der Waals surface area contributed by atoms with Gasteiger partial charge in [0, 0.05) is 4.88 Å². The summed E-state index contributed by atoms with van der Waals surface area (Å²) < 4.78 is 0. The van der Waals surface area contributed by atoms with Crippen molar-refractivity contribution < 1.29 is 0 Å².